The summed E-state index contributed by atoms with van der Waals surface area (Å²) in [6.07, 6.45) is 0. The summed E-state index contributed by atoms with van der Waals surface area (Å²) in [5, 5.41) is 0. The summed E-state index contributed by atoms with van der Waals surface area (Å²) in [7, 11) is 2.88. The Morgan fingerprint density at radius 3 is 2.54 bits per heavy atom. The quantitative estimate of drug-likeness (QED) is 0.651. The van der Waals surface area contributed by atoms with Gasteiger partial charge in [-0.1, -0.05) is 11.6 Å². The average Bonchev–Trinajstić information content (AvgIpc) is 2.16. The van der Waals surface area contributed by atoms with Crippen molar-refractivity contribution in [1.82, 2.24) is 0 Å². The lowest BCUT2D eigenvalue weighted by atomic mass is 10.1. The standard InChI is InChI=1S/C10H12O3/c1-7-4-5-9(12-2)8(6-7)10(11)13-3/h4-6H,1-3H3. The van der Waals surface area contributed by atoms with Gasteiger partial charge in [-0.25, -0.2) is 4.79 Å². The van der Waals surface area contributed by atoms with E-state index in [0.717, 1.165) is 5.56 Å². The van der Waals surface area contributed by atoms with Gasteiger partial charge >= 0.3 is 5.97 Å². The first-order valence-corrected chi connectivity index (χ1v) is 3.92. The Kier molecular flexibility index (Phi) is 2.90. The molecule has 0 N–H and O–H groups in total. The lowest BCUT2D eigenvalue weighted by molar-refractivity contribution is 0.0597. The highest BCUT2D eigenvalue weighted by Crippen LogP contribution is 2.19. The normalized spacial score (nSPS) is 9.46. The highest BCUT2D eigenvalue weighted by Gasteiger charge is 2.11. The van der Waals surface area contributed by atoms with E-state index in [4.69, 9.17) is 4.74 Å². The van der Waals surface area contributed by atoms with Crippen LogP contribution in [0.1, 0.15) is 15.9 Å². The van der Waals surface area contributed by atoms with Crippen molar-refractivity contribution in [2.75, 3.05) is 14.2 Å². The van der Waals surface area contributed by atoms with Gasteiger partial charge in [0, 0.05) is 0 Å². The van der Waals surface area contributed by atoms with Crippen molar-refractivity contribution in [3.8, 4) is 5.75 Å². The smallest absolute Gasteiger partial charge is 0.341 e. The molecule has 0 aliphatic heterocycles. The number of carbonyl (C=O) groups excluding carboxylic acids is 1. The van der Waals surface area contributed by atoms with E-state index in [2.05, 4.69) is 4.74 Å². The lowest BCUT2D eigenvalue weighted by Gasteiger charge is -2.06. The van der Waals surface area contributed by atoms with Crippen molar-refractivity contribution < 1.29 is 14.3 Å². The molecule has 0 saturated heterocycles. The van der Waals surface area contributed by atoms with Gasteiger partial charge in [-0.2, -0.15) is 0 Å². The number of esters is 1. The molecule has 0 heterocycles. The predicted octanol–water partition coefficient (Wildman–Crippen LogP) is 1.79. The molecule has 0 aliphatic rings. The third-order valence-corrected chi connectivity index (χ3v) is 1.76. The lowest BCUT2D eigenvalue weighted by Crippen LogP contribution is -2.04. The molecule has 0 spiro atoms. The molecular weight excluding hydrogens is 168 g/mol. The second-order valence-electron chi connectivity index (χ2n) is 2.70. The summed E-state index contributed by atoms with van der Waals surface area (Å²) in [6.45, 7) is 1.91. The summed E-state index contributed by atoms with van der Waals surface area (Å²) in [4.78, 5) is 11.2. The van der Waals surface area contributed by atoms with Crippen LogP contribution >= 0.6 is 0 Å². The fraction of sp³-hybridized carbons (Fsp3) is 0.300. The van der Waals surface area contributed by atoms with Crippen molar-refractivity contribution in [1.29, 1.82) is 0 Å². The van der Waals surface area contributed by atoms with Gasteiger partial charge in [-0.3, -0.25) is 0 Å². The van der Waals surface area contributed by atoms with Crippen LogP contribution in [0.2, 0.25) is 0 Å². The first kappa shape index (κ1) is 9.58. The summed E-state index contributed by atoms with van der Waals surface area (Å²) in [5.74, 6) is 0.165. The van der Waals surface area contributed by atoms with Gasteiger partial charge in [0.1, 0.15) is 11.3 Å². The van der Waals surface area contributed by atoms with Crippen LogP contribution in [0, 0.1) is 6.92 Å². The molecule has 0 aromatic heterocycles. The molecule has 3 heteroatoms. The topological polar surface area (TPSA) is 35.5 Å². The molecule has 70 valence electrons. The first-order chi connectivity index (χ1) is 6.19. The van der Waals surface area contributed by atoms with Crippen LogP contribution in [0.3, 0.4) is 0 Å². The van der Waals surface area contributed by atoms with Crippen LogP contribution in [0.25, 0.3) is 0 Å². The van der Waals surface area contributed by atoms with Gasteiger partial charge in [0.15, 0.2) is 0 Å². The van der Waals surface area contributed by atoms with Crippen molar-refractivity contribution in [3.63, 3.8) is 0 Å². The second kappa shape index (κ2) is 3.94. The maximum atomic E-state index is 11.2. The molecule has 0 amide bonds. The van der Waals surface area contributed by atoms with Gasteiger partial charge in [0.2, 0.25) is 0 Å². The number of hydrogen-bond donors (Lipinski definition) is 0. The van der Waals surface area contributed by atoms with Crippen LogP contribution in [-0.4, -0.2) is 20.2 Å². The van der Waals surface area contributed by atoms with Crippen molar-refractivity contribution in [2.24, 2.45) is 0 Å². The van der Waals surface area contributed by atoms with Gasteiger partial charge in [-0.05, 0) is 19.1 Å². The molecule has 1 aromatic rings. The maximum absolute atomic E-state index is 11.2. The highest BCUT2D eigenvalue weighted by molar-refractivity contribution is 5.92. The zero-order valence-corrected chi connectivity index (χ0v) is 7.96. The highest BCUT2D eigenvalue weighted by atomic mass is 16.5. The number of ether oxygens (including phenoxy) is 2. The summed E-state index contributed by atoms with van der Waals surface area (Å²) in [5.41, 5.74) is 1.46. The van der Waals surface area contributed by atoms with Crippen molar-refractivity contribution in [3.05, 3.63) is 29.3 Å². The van der Waals surface area contributed by atoms with Crippen molar-refractivity contribution in [2.45, 2.75) is 6.92 Å². The number of methoxy groups -OCH3 is 2. The van der Waals surface area contributed by atoms with Crippen LogP contribution in [0.5, 0.6) is 5.75 Å². The molecule has 1 aromatic carbocycles. The van der Waals surface area contributed by atoms with Crippen LogP contribution in [0.15, 0.2) is 18.2 Å². The van der Waals surface area contributed by atoms with Crippen LogP contribution in [0.4, 0.5) is 0 Å². The third kappa shape index (κ3) is 1.99. The number of hydrogen-bond acceptors (Lipinski definition) is 3. The number of benzene rings is 1. The molecule has 0 fully saturated rings. The monoisotopic (exact) mass is 180 g/mol. The van der Waals surface area contributed by atoms with E-state index in [1.54, 1.807) is 12.1 Å². The Morgan fingerprint density at radius 1 is 1.31 bits per heavy atom. The van der Waals surface area contributed by atoms with E-state index in [9.17, 15) is 4.79 Å². The van der Waals surface area contributed by atoms with Gasteiger partial charge in [-0.15, -0.1) is 0 Å². The molecule has 13 heavy (non-hydrogen) atoms. The van der Waals surface area contributed by atoms with Crippen LogP contribution < -0.4 is 4.74 Å². The van der Waals surface area contributed by atoms with Gasteiger partial charge in [0.05, 0.1) is 14.2 Å². The number of carbonyl (C=O) groups is 1. The molecule has 0 aliphatic carbocycles. The molecule has 1 rings (SSSR count). The summed E-state index contributed by atoms with van der Waals surface area (Å²) < 4.78 is 9.64. The Labute approximate surface area is 77.3 Å². The minimum absolute atomic E-state index is 0.374. The van der Waals surface area contributed by atoms with E-state index in [-0.39, 0.29) is 5.97 Å². The SMILES string of the molecule is COC(=O)c1cc(C)ccc1OC. The fourth-order valence-corrected chi connectivity index (χ4v) is 1.09. The molecule has 0 unspecified atom stereocenters. The third-order valence-electron chi connectivity index (χ3n) is 1.76. The molecule has 0 saturated carbocycles. The minimum Gasteiger partial charge on any atom is -0.496 e. The average molecular weight is 180 g/mol. The van der Waals surface area contributed by atoms with E-state index in [1.165, 1.54) is 14.2 Å². The first-order valence-electron chi connectivity index (χ1n) is 3.92. The van der Waals surface area contributed by atoms with E-state index in [1.807, 2.05) is 13.0 Å². The Balaban J connectivity index is 3.15. The Bertz CT molecular complexity index is 318. The number of rotatable bonds is 2. The zero-order chi connectivity index (χ0) is 9.84. The van der Waals surface area contributed by atoms with Crippen molar-refractivity contribution >= 4 is 5.97 Å². The fourth-order valence-electron chi connectivity index (χ4n) is 1.09. The van der Waals surface area contributed by atoms with E-state index in [0.29, 0.717) is 11.3 Å². The Morgan fingerprint density at radius 2 is 2.00 bits per heavy atom. The van der Waals surface area contributed by atoms with Crippen LogP contribution in [-0.2, 0) is 4.74 Å². The van der Waals surface area contributed by atoms with E-state index >= 15 is 0 Å². The van der Waals surface area contributed by atoms with E-state index < -0.39 is 0 Å². The molecular formula is C10H12O3. The molecule has 3 nitrogen and oxygen atoms in total. The molecule has 0 radical (unpaired) electrons. The number of aryl methyl sites for hydroxylation is 1. The zero-order valence-electron chi connectivity index (χ0n) is 7.96. The summed E-state index contributed by atoms with van der Waals surface area (Å²) in [6, 6.07) is 5.37. The van der Waals surface area contributed by atoms with Gasteiger partial charge < -0.3 is 9.47 Å². The minimum atomic E-state index is -0.374. The molecule has 0 atom stereocenters. The Hall–Kier alpha value is -1.51. The molecule has 0 bridgehead atoms. The maximum Gasteiger partial charge on any atom is 0.341 e. The van der Waals surface area contributed by atoms with Gasteiger partial charge in [0.25, 0.3) is 0 Å². The second-order valence-corrected chi connectivity index (χ2v) is 2.70. The predicted molar refractivity (Wildman–Crippen MR) is 49.1 cm³/mol. The largest absolute Gasteiger partial charge is 0.496 e. The summed E-state index contributed by atoms with van der Waals surface area (Å²) >= 11 is 0.